The van der Waals surface area contributed by atoms with E-state index in [-0.39, 0.29) is 12.6 Å². The molecule has 0 aromatic carbocycles. The summed E-state index contributed by atoms with van der Waals surface area (Å²) in [6, 6.07) is 0. The molecule has 0 heterocycles. The summed E-state index contributed by atoms with van der Waals surface area (Å²) in [5.74, 6) is -0.218. The van der Waals surface area contributed by atoms with E-state index in [0.717, 1.165) is 32.1 Å². The third-order valence-corrected chi connectivity index (χ3v) is 5.18. The maximum absolute atomic E-state index is 11.7. The van der Waals surface area contributed by atoms with Crippen LogP contribution in [0.15, 0.2) is 0 Å². The van der Waals surface area contributed by atoms with Crippen LogP contribution in [0, 0.1) is 0 Å². The SMILES string of the molecule is CCCCCCCCCCCCCCOCC(CO)OC(=O)CCCCCC. The van der Waals surface area contributed by atoms with Crippen LogP contribution in [0.4, 0.5) is 0 Å². The highest BCUT2D eigenvalue weighted by Crippen LogP contribution is 2.12. The predicted octanol–water partition coefficient (Wildman–Crippen LogP) is 6.58. The zero-order valence-electron chi connectivity index (χ0n) is 18.9. The smallest absolute Gasteiger partial charge is 0.306 e. The summed E-state index contributed by atoms with van der Waals surface area (Å²) in [5.41, 5.74) is 0. The van der Waals surface area contributed by atoms with Crippen molar-refractivity contribution < 1.29 is 19.4 Å². The average Bonchev–Trinajstić information content (AvgIpc) is 2.70. The predicted molar refractivity (Wildman–Crippen MR) is 118 cm³/mol. The van der Waals surface area contributed by atoms with Crippen LogP contribution in [0.3, 0.4) is 0 Å². The summed E-state index contributed by atoms with van der Waals surface area (Å²) in [4.78, 5) is 11.7. The highest BCUT2D eigenvalue weighted by Gasteiger charge is 2.13. The summed E-state index contributed by atoms with van der Waals surface area (Å²) in [5, 5.41) is 9.33. The van der Waals surface area contributed by atoms with Gasteiger partial charge in [-0.2, -0.15) is 0 Å². The Morgan fingerprint density at radius 1 is 0.714 bits per heavy atom. The Hall–Kier alpha value is -0.610. The lowest BCUT2D eigenvalue weighted by molar-refractivity contribution is -0.154. The number of aliphatic hydroxyl groups excluding tert-OH is 1. The van der Waals surface area contributed by atoms with Crippen LogP contribution in [0.5, 0.6) is 0 Å². The lowest BCUT2D eigenvalue weighted by Crippen LogP contribution is -2.27. The van der Waals surface area contributed by atoms with Gasteiger partial charge in [0, 0.05) is 13.0 Å². The number of hydrogen-bond donors (Lipinski definition) is 1. The van der Waals surface area contributed by atoms with Crippen molar-refractivity contribution in [3.05, 3.63) is 0 Å². The van der Waals surface area contributed by atoms with Crippen LogP contribution in [0.1, 0.15) is 123 Å². The molecule has 0 saturated heterocycles. The number of ether oxygens (including phenoxy) is 2. The minimum absolute atomic E-state index is 0.168. The van der Waals surface area contributed by atoms with Gasteiger partial charge in [0.15, 0.2) is 0 Å². The van der Waals surface area contributed by atoms with E-state index in [1.165, 1.54) is 70.6 Å². The third-order valence-electron chi connectivity index (χ3n) is 5.18. The van der Waals surface area contributed by atoms with Gasteiger partial charge in [0.05, 0.1) is 13.2 Å². The zero-order valence-corrected chi connectivity index (χ0v) is 18.9. The van der Waals surface area contributed by atoms with Gasteiger partial charge in [-0.3, -0.25) is 4.79 Å². The monoisotopic (exact) mass is 400 g/mol. The third kappa shape index (κ3) is 20.1. The van der Waals surface area contributed by atoms with Crippen molar-refractivity contribution in [3.63, 3.8) is 0 Å². The van der Waals surface area contributed by atoms with Gasteiger partial charge in [-0.15, -0.1) is 0 Å². The summed E-state index contributed by atoms with van der Waals surface area (Å²) >= 11 is 0. The number of carbonyl (C=O) groups is 1. The molecule has 4 nitrogen and oxygen atoms in total. The van der Waals surface area contributed by atoms with E-state index in [4.69, 9.17) is 9.47 Å². The Kier molecular flexibility index (Phi) is 22.2. The van der Waals surface area contributed by atoms with Gasteiger partial charge in [-0.25, -0.2) is 0 Å². The molecule has 0 fully saturated rings. The summed E-state index contributed by atoms with van der Waals surface area (Å²) in [6.07, 6.45) is 20.1. The molecule has 0 saturated carbocycles. The molecule has 1 atom stereocenters. The highest BCUT2D eigenvalue weighted by atomic mass is 16.6. The topological polar surface area (TPSA) is 55.8 Å². The molecule has 0 bridgehead atoms. The first kappa shape index (κ1) is 27.4. The molecule has 28 heavy (non-hydrogen) atoms. The lowest BCUT2D eigenvalue weighted by Gasteiger charge is -2.15. The van der Waals surface area contributed by atoms with Crippen molar-refractivity contribution in [1.82, 2.24) is 0 Å². The van der Waals surface area contributed by atoms with Gasteiger partial charge in [-0.1, -0.05) is 104 Å². The van der Waals surface area contributed by atoms with E-state index in [1.54, 1.807) is 0 Å². The number of carbonyl (C=O) groups excluding carboxylic acids is 1. The van der Waals surface area contributed by atoms with E-state index in [9.17, 15) is 9.90 Å². The lowest BCUT2D eigenvalue weighted by atomic mass is 10.1. The molecule has 0 spiro atoms. The molecular weight excluding hydrogens is 352 g/mol. The van der Waals surface area contributed by atoms with Crippen LogP contribution >= 0.6 is 0 Å². The fourth-order valence-electron chi connectivity index (χ4n) is 3.32. The van der Waals surface area contributed by atoms with Gasteiger partial charge in [0.1, 0.15) is 6.10 Å². The number of rotatable bonds is 22. The fraction of sp³-hybridized carbons (Fsp3) is 0.958. The number of unbranched alkanes of at least 4 members (excludes halogenated alkanes) is 14. The molecule has 168 valence electrons. The molecule has 0 rings (SSSR count). The molecule has 4 heteroatoms. The standard InChI is InChI=1S/C24H48O4/c1-3-5-7-9-10-11-12-13-14-15-16-18-20-27-22-23(21-25)28-24(26)19-17-8-6-4-2/h23,25H,3-22H2,1-2H3. The molecule has 0 aliphatic heterocycles. The first-order valence-corrected chi connectivity index (χ1v) is 12.1. The van der Waals surface area contributed by atoms with E-state index in [1.807, 2.05) is 0 Å². The van der Waals surface area contributed by atoms with Crippen molar-refractivity contribution >= 4 is 5.97 Å². The van der Waals surface area contributed by atoms with Crippen LogP contribution in [-0.4, -0.2) is 37.0 Å². The normalized spacial score (nSPS) is 12.2. The van der Waals surface area contributed by atoms with Crippen LogP contribution < -0.4 is 0 Å². The second kappa shape index (κ2) is 22.7. The average molecular weight is 401 g/mol. The molecule has 0 radical (unpaired) electrons. The first-order chi connectivity index (χ1) is 13.7. The van der Waals surface area contributed by atoms with Crippen molar-refractivity contribution in [2.75, 3.05) is 19.8 Å². The second-order valence-corrected chi connectivity index (χ2v) is 8.07. The summed E-state index contributed by atoms with van der Waals surface area (Å²) in [7, 11) is 0. The Bertz CT molecular complexity index is 320. The van der Waals surface area contributed by atoms with Crippen LogP contribution in [-0.2, 0) is 14.3 Å². The van der Waals surface area contributed by atoms with E-state index in [0.29, 0.717) is 19.6 Å². The minimum Gasteiger partial charge on any atom is -0.457 e. The van der Waals surface area contributed by atoms with E-state index in [2.05, 4.69) is 13.8 Å². The van der Waals surface area contributed by atoms with Crippen molar-refractivity contribution in [1.29, 1.82) is 0 Å². The zero-order chi connectivity index (χ0) is 20.7. The Labute approximate surface area is 174 Å². The maximum Gasteiger partial charge on any atom is 0.306 e. The molecular formula is C24H48O4. The van der Waals surface area contributed by atoms with E-state index >= 15 is 0 Å². The summed E-state index contributed by atoms with van der Waals surface area (Å²) in [6.45, 7) is 5.23. The Morgan fingerprint density at radius 3 is 1.68 bits per heavy atom. The van der Waals surface area contributed by atoms with Gasteiger partial charge >= 0.3 is 5.97 Å². The Morgan fingerprint density at radius 2 is 1.18 bits per heavy atom. The summed E-state index contributed by atoms with van der Waals surface area (Å²) < 4.78 is 10.9. The number of esters is 1. The highest BCUT2D eigenvalue weighted by molar-refractivity contribution is 5.69. The quantitative estimate of drug-likeness (QED) is 0.165. The largest absolute Gasteiger partial charge is 0.457 e. The molecule has 1 unspecified atom stereocenters. The second-order valence-electron chi connectivity index (χ2n) is 8.07. The van der Waals surface area contributed by atoms with Gasteiger partial charge in [0.25, 0.3) is 0 Å². The number of aliphatic hydroxyl groups is 1. The van der Waals surface area contributed by atoms with Crippen LogP contribution in [0.25, 0.3) is 0 Å². The molecule has 0 aromatic heterocycles. The number of hydrogen-bond acceptors (Lipinski definition) is 4. The Balaban J connectivity index is 3.37. The maximum atomic E-state index is 11.7. The van der Waals surface area contributed by atoms with Crippen molar-refractivity contribution in [2.24, 2.45) is 0 Å². The molecule has 0 aliphatic rings. The van der Waals surface area contributed by atoms with Crippen LogP contribution in [0.2, 0.25) is 0 Å². The van der Waals surface area contributed by atoms with E-state index < -0.39 is 6.10 Å². The molecule has 0 aromatic rings. The van der Waals surface area contributed by atoms with Crippen molar-refractivity contribution in [2.45, 2.75) is 129 Å². The molecule has 0 aliphatic carbocycles. The van der Waals surface area contributed by atoms with Gasteiger partial charge in [0.2, 0.25) is 0 Å². The first-order valence-electron chi connectivity index (χ1n) is 12.1. The van der Waals surface area contributed by atoms with Gasteiger partial charge < -0.3 is 14.6 Å². The molecule has 1 N–H and O–H groups in total. The van der Waals surface area contributed by atoms with Crippen molar-refractivity contribution in [3.8, 4) is 0 Å². The molecule has 0 amide bonds. The fourth-order valence-corrected chi connectivity index (χ4v) is 3.32. The van der Waals surface area contributed by atoms with Gasteiger partial charge in [-0.05, 0) is 12.8 Å². The minimum atomic E-state index is -0.518.